The summed E-state index contributed by atoms with van der Waals surface area (Å²) in [6, 6.07) is 11.0. The molecule has 1 N–H and O–H groups in total. The molecule has 2 aromatic carbocycles. The SMILES string of the molecule is CCOC(=O)c1c(-c2ccc(OC)c(OC)c2)csc1NC(=O)/C=C/c1ccc(F)cc1. The molecule has 1 amide bonds. The number of ether oxygens (including phenoxy) is 3. The van der Waals surface area contributed by atoms with Crippen molar-refractivity contribution in [1.29, 1.82) is 0 Å². The van der Waals surface area contributed by atoms with Crippen LogP contribution < -0.4 is 14.8 Å². The third-order valence-corrected chi connectivity index (χ3v) is 5.39. The lowest BCUT2D eigenvalue weighted by Gasteiger charge is -2.11. The number of nitrogens with one attached hydrogen (secondary N) is 1. The van der Waals surface area contributed by atoms with Gasteiger partial charge >= 0.3 is 5.97 Å². The summed E-state index contributed by atoms with van der Waals surface area (Å²) >= 11 is 1.21. The first-order valence-electron chi connectivity index (χ1n) is 9.72. The number of benzene rings is 2. The Morgan fingerprint density at radius 3 is 2.44 bits per heavy atom. The van der Waals surface area contributed by atoms with Gasteiger partial charge in [-0.1, -0.05) is 18.2 Å². The molecule has 1 heterocycles. The van der Waals surface area contributed by atoms with Gasteiger partial charge in [0.05, 0.1) is 20.8 Å². The average molecular weight is 456 g/mol. The third-order valence-electron chi connectivity index (χ3n) is 4.50. The van der Waals surface area contributed by atoms with Gasteiger partial charge in [0.1, 0.15) is 16.4 Å². The Balaban J connectivity index is 1.91. The minimum atomic E-state index is -0.545. The van der Waals surface area contributed by atoms with Gasteiger partial charge in [0.15, 0.2) is 11.5 Å². The van der Waals surface area contributed by atoms with Crippen LogP contribution in [-0.4, -0.2) is 32.7 Å². The maximum absolute atomic E-state index is 13.0. The molecule has 3 aromatic rings. The molecule has 166 valence electrons. The number of carbonyl (C=O) groups is 2. The molecule has 32 heavy (non-hydrogen) atoms. The van der Waals surface area contributed by atoms with Crippen LogP contribution in [0.25, 0.3) is 17.2 Å². The largest absolute Gasteiger partial charge is 0.493 e. The van der Waals surface area contributed by atoms with E-state index in [2.05, 4.69) is 5.32 Å². The predicted molar refractivity (Wildman–Crippen MR) is 123 cm³/mol. The maximum Gasteiger partial charge on any atom is 0.341 e. The van der Waals surface area contributed by atoms with Crippen molar-refractivity contribution >= 4 is 34.3 Å². The summed E-state index contributed by atoms with van der Waals surface area (Å²) in [5, 5.41) is 4.87. The van der Waals surface area contributed by atoms with Crippen molar-refractivity contribution in [2.24, 2.45) is 0 Å². The van der Waals surface area contributed by atoms with Gasteiger partial charge in [0.25, 0.3) is 0 Å². The fraction of sp³-hybridized carbons (Fsp3) is 0.167. The molecular formula is C24H22FNO5S. The molecule has 0 saturated carbocycles. The highest BCUT2D eigenvalue weighted by Crippen LogP contribution is 2.39. The number of amides is 1. The average Bonchev–Trinajstić information content (AvgIpc) is 3.21. The van der Waals surface area contributed by atoms with Crippen LogP contribution in [0.5, 0.6) is 11.5 Å². The lowest BCUT2D eigenvalue weighted by molar-refractivity contribution is -0.111. The summed E-state index contributed by atoms with van der Waals surface area (Å²) in [6.45, 7) is 1.90. The maximum atomic E-state index is 13.0. The molecule has 0 aliphatic carbocycles. The number of rotatable bonds is 8. The van der Waals surface area contributed by atoms with Crippen LogP contribution in [0.3, 0.4) is 0 Å². The quantitative estimate of drug-likeness (QED) is 0.364. The molecule has 0 aliphatic heterocycles. The topological polar surface area (TPSA) is 73.9 Å². The van der Waals surface area contributed by atoms with Crippen LogP contribution in [0.15, 0.2) is 53.9 Å². The summed E-state index contributed by atoms with van der Waals surface area (Å²) in [7, 11) is 3.07. The van der Waals surface area contributed by atoms with E-state index in [0.717, 1.165) is 0 Å². The van der Waals surface area contributed by atoms with E-state index in [-0.39, 0.29) is 18.0 Å². The number of carbonyl (C=O) groups excluding carboxylic acids is 2. The summed E-state index contributed by atoms with van der Waals surface area (Å²) in [4.78, 5) is 25.2. The van der Waals surface area contributed by atoms with Gasteiger partial charge in [-0.15, -0.1) is 11.3 Å². The van der Waals surface area contributed by atoms with Gasteiger partial charge in [-0.3, -0.25) is 4.79 Å². The minimum absolute atomic E-state index is 0.192. The van der Waals surface area contributed by atoms with Crippen LogP contribution in [0.1, 0.15) is 22.8 Å². The van der Waals surface area contributed by atoms with E-state index < -0.39 is 11.9 Å². The first-order valence-corrected chi connectivity index (χ1v) is 10.6. The van der Waals surface area contributed by atoms with Crippen molar-refractivity contribution in [3.8, 4) is 22.6 Å². The van der Waals surface area contributed by atoms with Gasteiger partial charge in [0, 0.05) is 17.0 Å². The van der Waals surface area contributed by atoms with E-state index >= 15 is 0 Å². The molecule has 0 spiro atoms. The first-order chi connectivity index (χ1) is 15.5. The smallest absolute Gasteiger partial charge is 0.341 e. The molecule has 3 rings (SSSR count). The fourth-order valence-electron chi connectivity index (χ4n) is 2.97. The summed E-state index contributed by atoms with van der Waals surface area (Å²) in [6.07, 6.45) is 2.87. The Morgan fingerprint density at radius 2 is 1.78 bits per heavy atom. The van der Waals surface area contributed by atoms with Crippen LogP contribution in [0.4, 0.5) is 9.39 Å². The first kappa shape index (κ1) is 23.0. The van der Waals surface area contributed by atoms with Crippen molar-refractivity contribution in [3.63, 3.8) is 0 Å². The van der Waals surface area contributed by atoms with Crippen molar-refractivity contribution in [2.45, 2.75) is 6.92 Å². The third kappa shape index (κ3) is 5.33. The number of hydrogen-bond donors (Lipinski definition) is 1. The van der Waals surface area contributed by atoms with E-state index in [4.69, 9.17) is 14.2 Å². The van der Waals surface area contributed by atoms with Crippen LogP contribution in [-0.2, 0) is 9.53 Å². The molecule has 0 atom stereocenters. The van der Waals surface area contributed by atoms with Crippen LogP contribution >= 0.6 is 11.3 Å². The van der Waals surface area contributed by atoms with E-state index in [1.807, 2.05) is 0 Å². The number of anilines is 1. The summed E-state index contributed by atoms with van der Waals surface area (Å²) in [5.41, 5.74) is 2.24. The Labute approximate surface area is 189 Å². The van der Waals surface area contributed by atoms with E-state index in [0.29, 0.717) is 33.2 Å². The number of esters is 1. The number of thiophene rings is 1. The molecule has 6 nitrogen and oxygen atoms in total. The Hall–Kier alpha value is -3.65. The summed E-state index contributed by atoms with van der Waals surface area (Å²) < 4.78 is 28.9. The van der Waals surface area contributed by atoms with Crippen molar-refractivity contribution < 1.29 is 28.2 Å². The highest BCUT2D eigenvalue weighted by molar-refractivity contribution is 7.15. The molecule has 8 heteroatoms. The monoisotopic (exact) mass is 455 g/mol. The number of halogens is 1. The van der Waals surface area contributed by atoms with Crippen LogP contribution in [0.2, 0.25) is 0 Å². The molecule has 0 bridgehead atoms. The predicted octanol–water partition coefficient (Wildman–Crippen LogP) is 5.40. The zero-order chi connectivity index (χ0) is 23.1. The van der Waals surface area contributed by atoms with Crippen LogP contribution in [0, 0.1) is 5.82 Å². The fourth-order valence-corrected chi connectivity index (χ4v) is 3.93. The Morgan fingerprint density at radius 1 is 1.06 bits per heavy atom. The zero-order valence-corrected chi connectivity index (χ0v) is 18.6. The van der Waals surface area contributed by atoms with Crippen molar-refractivity contribution in [3.05, 3.63) is 70.9 Å². The second-order valence-electron chi connectivity index (χ2n) is 6.52. The molecule has 0 aliphatic rings. The van der Waals surface area contributed by atoms with Crippen molar-refractivity contribution in [2.75, 3.05) is 26.1 Å². The second kappa shape index (κ2) is 10.6. The Kier molecular flexibility index (Phi) is 7.62. The Bertz CT molecular complexity index is 1140. The molecular weight excluding hydrogens is 433 g/mol. The van der Waals surface area contributed by atoms with E-state index in [9.17, 15) is 14.0 Å². The van der Waals surface area contributed by atoms with Gasteiger partial charge in [-0.2, -0.15) is 0 Å². The van der Waals surface area contributed by atoms with Gasteiger partial charge in [0.2, 0.25) is 5.91 Å². The zero-order valence-electron chi connectivity index (χ0n) is 17.8. The van der Waals surface area contributed by atoms with Crippen molar-refractivity contribution in [1.82, 2.24) is 0 Å². The molecule has 0 saturated heterocycles. The minimum Gasteiger partial charge on any atom is -0.493 e. The lowest BCUT2D eigenvalue weighted by atomic mass is 10.0. The highest BCUT2D eigenvalue weighted by Gasteiger charge is 2.23. The molecule has 0 radical (unpaired) electrons. The van der Waals surface area contributed by atoms with Gasteiger partial charge < -0.3 is 19.5 Å². The van der Waals surface area contributed by atoms with Gasteiger partial charge in [-0.25, -0.2) is 9.18 Å². The standard InChI is InChI=1S/C24H22FNO5S/c1-4-31-24(28)22-18(16-8-11-19(29-2)20(13-16)30-3)14-32-23(22)26-21(27)12-7-15-5-9-17(25)10-6-15/h5-14H,4H2,1-3H3,(H,26,27)/b12-7+. The molecule has 1 aromatic heterocycles. The second-order valence-corrected chi connectivity index (χ2v) is 7.40. The molecule has 0 fully saturated rings. The lowest BCUT2D eigenvalue weighted by Crippen LogP contribution is -2.12. The number of methoxy groups -OCH3 is 2. The normalized spacial score (nSPS) is 10.8. The summed E-state index contributed by atoms with van der Waals surface area (Å²) in [5.74, 6) is -0.258. The van der Waals surface area contributed by atoms with E-state index in [1.54, 1.807) is 55.8 Å². The molecule has 0 unspecified atom stereocenters. The number of hydrogen-bond acceptors (Lipinski definition) is 6. The van der Waals surface area contributed by atoms with Gasteiger partial charge in [-0.05, 0) is 48.4 Å². The van der Waals surface area contributed by atoms with E-state index in [1.165, 1.54) is 36.7 Å². The highest BCUT2D eigenvalue weighted by atomic mass is 32.1.